The highest BCUT2D eigenvalue weighted by Gasteiger charge is 2.25. The summed E-state index contributed by atoms with van der Waals surface area (Å²) in [5.74, 6) is 0.671. The third-order valence-corrected chi connectivity index (χ3v) is 5.37. The van der Waals surface area contributed by atoms with Crippen LogP contribution in [0.2, 0.25) is 0 Å². The Bertz CT molecular complexity index is 631. The molecule has 1 aliphatic carbocycles. The molecular weight excluding hydrogens is 348 g/mol. The van der Waals surface area contributed by atoms with Crippen LogP contribution in [-0.4, -0.2) is 46.8 Å². The largest absolute Gasteiger partial charge is 0.370 e. The van der Waals surface area contributed by atoms with Crippen molar-refractivity contribution in [1.82, 2.24) is 4.98 Å². The van der Waals surface area contributed by atoms with Gasteiger partial charge in [0.2, 0.25) is 0 Å². The Morgan fingerprint density at radius 1 is 1.62 bits per heavy atom. The fourth-order valence-electron chi connectivity index (χ4n) is 2.72. The molecule has 2 atom stereocenters. The molecule has 3 N–H and O–H groups in total. The van der Waals surface area contributed by atoms with Crippen molar-refractivity contribution in [2.24, 2.45) is 15.7 Å². The molecule has 0 amide bonds. The zero-order valence-electron chi connectivity index (χ0n) is 13.8. The second-order valence-corrected chi connectivity index (χ2v) is 7.28. The van der Waals surface area contributed by atoms with Crippen LogP contribution in [0, 0.1) is 10.1 Å². The predicted octanol–water partition coefficient (Wildman–Crippen LogP) is 2.56. The van der Waals surface area contributed by atoms with Crippen molar-refractivity contribution in [2.45, 2.75) is 37.6 Å². The zero-order chi connectivity index (χ0) is 17.5. The smallest absolute Gasteiger partial charge is 0.250 e. The lowest BCUT2D eigenvalue weighted by molar-refractivity contribution is -0.462. The van der Waals surface area contributed by atoms with E-state index < -0.39 is 0 Å². The normalized spacial score (nSPS) is 22.4. The Balaban J connectivity index is 2.02. The van der Waals surface area contributed by atoms with Crippen LogP contribution in [-0.2, 0) is 0 Å². The summed E-state index contributed by atoms with van der Waals surface area (Å²) in [6.45, 7) is -0.192. The molecule has 1 aromatic heterocycles. The van der Waals surface area contributed by atoms with E-state index in [9.17, 15) is 10.1 Å². The Morgan fingerprint density at radius 3 is 3.08 bits per heavy atom. The number of aromatic nitrogens is 1. The minimum absolute atomic E-state index is 0.131. The Kier molecular flexibility index (Phi) is 6.98. The third-order valence-electron chi connectivity index (χ3n) is 3.89. The molecule has 1 saturated carbocycles. The molecule has 0 aliphatic heterocycles. The second kappa shape index (κ2) is 8.97. The molecule has 2 unspecified atom stereocenters. The second-order valence-electron chi connectivity index (χ2n) is 5.55. The number of nitrogens with zero attached hydrogens (tertiary/aromatic N) is 4. The topological polar surface area (TPSA) is 119 Å². The molecule has 132 valence electrons. The van der Waals surface area contributed by atoms with E-state index >= 15 is 0 Å². The molecule has 10 heteroatoms. The van der Waals surface area contributed by atoms with E-state index in [4.69, 9.17) is 5.73 Å². The number of nitrogens with one attached hydrogen (secondary N) is 1. The Morgan fingerprint density at radius 2 is 2.42 bits per heavy atom. The number of hydrogen-bond donors (Lipinski definition) is 2. The summed E-state index contributed by atoms with van der Waals surface area (Å²) in [6, 6.07) is 0.131. The number of nitro groups is 1. The summed E-state index contributed by atoms with van der Waals surface area (Å²) >= 11 is 2.86. The SMILES string of the molecule is CN=C(N)Nc1nc(C2CCCC(N=C(C[N+](=O)[O-])SC)C2)cs1. The maximum Gasteiger partial charge on any atom is 0.250 e. The number of anilines is 1. The third kappa shape index (κ3) is 5.45. The van der Waals surface area contributed by atoms with Crippen molar-refractivity contribution in [3.8, 4) is 0 Å². The maximum atomic E-state index is 10.7. The molecule has 1 heterocycles. The van der Waals surface area contributed by atoms with Gasteiger partial charge in [-0.2, -0.15) is 0 Å². The van der Waals surface area contributed by atoms with Gasteiger partial charge in [0.1, 0.15) is 5.04 Å². The molecule has 0 bridgehead atoms. The lowest BCUT2D eigenvalue weighted by atomic mass is 9.84. The van der Waals surface area contributed by atoms with Crippen LogP contribution in [0.15, 0.2) is 15.4 Å². The maximum absolute atomic E-state index is 10.7. The first kappa shape index (κ1) is 18.7. The van der Waals surface area contributed by atoms with Crippen LogP contribution in [0.1, 0.15) is 37.3 Å². The average Bonchev–Trinajstić information content (AvgIpc) is 3.02. The van der Waals surface area contributed by atoms with Gasteiger partial charge in [-0.3, -0.25) is 20.1 Å². The minimum atomic E-state index is -0.326. The van der Waals surface area contributed by atoms with E-state index in [2.05, 4.69) is 20.3 Å². The van der Waals surface area contributed by atoms with Gasteiger partial charge in [-0.15, -0.1) is 23.1 Å². The van der Waals surface area contributed by atoms with E-state index in [-0.39, 0.29) is 17.5 Å². The highest BCUT2D eigenvalue weighted by molar-refractivity contribution is 8.13. The molecule has 24 heavy (non-hydrogen) atoms. The number of aliphatic imine (C=N–C) groups is 2. The molecule has 1 aromatic rings. The summed E-state index contributed by atoms with van der Waals surface area (Å²) in [6.07, 6.45) is 5.81. The zero-order valence-corrected chi connectivity index (χ0v) is 15.4. The van der Waals surface area contributed by atoms with E-state index in [0.717, 1.165) is 36.5 Å². The van der Waals surface area contributed by atoms with Crippen molar-refractivity contribution in [3.63, 3.8) is 0 Å². The lowest BCUT2D eigenvalue weighted by Crippen LogP contribution is -2.22. The van der Waals surface area contributed by atoms with Gasteiger partial charge < -0.3 is 11.1 Å². The number of hydrogen-bond acceptors (Lipinski definition) is 7. The van der Waals surface area contributed by atoms with Gasteiger partial charge in [-0.1, -0.05) is 6.42 Å². The number of thiazole rings is 1. The number of nitrogens with two attached hydrogens (primary N) is 1. The predicted molar refractivity (Wildman–Crippen MR) is 101 cm³/mol. The first-order chi connectivity index (χ1) is 11.5. The molecule has 2 rings (SSSR count). The van der Waals surface area contributed by atoms with E-state index in [1.54, 1.807) is 7.05 Å². The van der Waals surface area contributed by atoms with Gasteiger partial charge in [0.15, 0.2) is 11.1 Å². The quantitative estimate of drug-likeness (QED) is 0.356. The summed E-state index contributed by atoms with van der Waals surface area (Å²) in [4.78, 5) is 23.4. The molecule has 0 radical (unpaired) electrons. The van der Waals surface area contributed by atoms with Crippen molar-refractivity contribution in [3.05, 3.63) is 21.2 Å². The van der Waals surface area contributed by atoms with Gasteiger partial charge in [0.25, 0.3) is 6.54 Å². The first-order valence-electron chi connectivity index (χ1n) is 7.69. The monoisotopic (exact) mass is 370 g/mol. The van der Waals surface area contributed by atoms with Crippen LogP contribution >= 0.6 is 23.1 Å². The number of thioether (sulfide) groups is 1. The van der Waals surface area contributed by atoms with Crippen LogP contribution < -0.4 is 11.1 Å². The molecule has 1 aliphatic rings. The van der Waals surface area contributed by atoms with Gasteiger partial charge in [0.05, 0.1) is 11.7 Å². The first-order valence-corrected chi connectivity index (χ1v) is 9.79. The van der Waals surface area contributed by atoms with E-state index in [1.807, 2.05) is 11.6 Å². The van der Waals surface area contributed by atoms with Crippen LogP contribution in [0.4, 0.5) is 5.13 Å². The van der Waals surface area contributed by atoms with Crippen LogP contribution in [0.3, 0.4) is 0 Å². The molecule has 0 spiro atoms. The number of guanidine groups is 1. The highest BCUT2D eigenvalue weighted by Crippen LogP contribution is 2.35. The fraction of sp³-hybridized carbons (Fsp3) is 0.643. The summed E-state index contributed by atoms with van der Waals surface area (Å²) < 4.78 is 0. The lowest BCUT2D eigenvalue weighted by Gasteiger charge is -2.25. The molecular formula is C14H22N6O2S2. The van der Waals surface area contributed by atoms with Gasteiger partial charge in [0, 0.05) is 23.3 Å². The Labute approximate surface area is 149 Å². The van der Waals surface area contributed by atoms with Crippen molar-refractivity contribution < 1.29 is 4.92 Å². The molecule has 8 nitrogen and oxygen atoms in total. The van der Waals surface area contributed by atoms with Crippen LogP contribution in [0.5, 0.6) is 0 Å². The van der Waals surface area contributed by atoms with Gasteiger partial charge >= 0.3 is 0 Å². The van der Waals surface area contributed by atoms with Crippen LogP contribution in [0.25, 0.3) is 0 Å². The molecule has 0 saturated heterocycles. The van der Waals surface area contributed by atoms with Crippen molar-refractivity contribution >= 4 is 39.2 Å². The molecule has 0 aromatic carbocycles. The summed E-state index contributed by atoms with van der Waals surface area (Å²) in [7, 11) is 1.62. The summed E-state index contributed by atoms with van der Waals surface area (Å²) in [5, 5.41) is 17.0. The number of rotatable bonds is 5. The molecule has 1 fully saturated rings. The highest BCUT2D eigenvalue weighted by atomic mass is 32.2. The summed E-state index contributed by atoms with van der Waals surface area (Å²) in [5.41, 5.74) is 6.69. The fourth-order valence-corrected chi connectivity index (χ4v) is 4.01. The van der Waals surface area contributed by atoms with E-state index in [0.29, 0.717) is 16.9 Å². The standard InChI is InChI=1S/C14H22N6O2S2/c1-16-13(15)19-14-18-11(8-24-14)9-4-3-5-10(6-9)17-12(23-2)7-20(21)22/h8-10H,3-7H2,1-2H3,(H3,15,16,18,19). The van der Waals surface area contributed by atoms with Gasteiger partial charge in [-0.25, -0.2) is 4.98 Å². The van der Waals surface area contributed by atoms with Crippen molar-refractivity contribution in [1.29, 1.82) is 0 Å². The van der Waals surface area contributed by atoms with E-state index in [1.165, 1.54) is 23.1 Å². The van der Waals surface area contributed by atoms with Crippen molar-refractivity contribution in [2.75, 3.05) is 25.2 Å². The minimum Gasteiger partial charge on any atom is -0.370 e. The van der Waals surface area contributed by atoms with Gasteiger partial charge in [-0.05, 0) is 25.5 Å². The Hall–Kier alpha value is -1.68. The average molecular weight is 371 g/mol.